The maximum absolute atomic E-state index is 12.7. The van der Waals surface area contributed by atoms with E-state index in [4.69, 9.17) is 0 Å². The number of carbonyl (C=O) groups is 1. The summed E-state index contributed by atoms with van der Waals surface area (Å²) >= 11 is 0. The molecule has 0 fully saturated rings. The Morgan fingerprint density at radius 2 is 1.40 bits per heavy atom. The standard InChI is InChI=1S/C26H20N2O2/c29-25-18-22-14-8-7-13-21(22)17-23(25)26(30)28-27-24(20-11-5-2-6-12-20)16-15-19-9-3-1-4-10-19/h1-18,29H,(H,28,30)/b16-15+,27-24+. The van der Waals surface area contributed by atoms with E-state index in [0.717, 1.165) is 21.9 Å². The van der Waals surface area contributed by atoms with Gasteiger partial charge in [0, 0.05) is 5.56 Å². The molecule has 30 heavy (non-hydrogen) atoms. The van der Waals surface area contributed by atoms with E-state index in [-0.39, 0.29) is 11.3 Å². The number of fused-ring (bicyclic) bond motifs is 1. The summed E-state index contributed by atoms with van der Waals surface area (Å²) in [5.74, 6) is -0.553. The number of hydrogen-bond acceptors (Lipinski definition) is 3. The van der Waals surface area contributed by atoms with Gasteiger partial charge < -0.3 is 5.11 Å². The van der Waals surface area contributed by atoms with Crippen LogP contribution in [0.2, 0.25) is 0 Å². The van der Waals surface area contributed by atoms with Gasteiger partial charge in [-0.15, -0.1) is 0 Å². The van der Waals surface area contributed by atoms with Crippen molar-refractivity contribution in [3.05, 3.63) is 120 Å². The monoisotopic (exact) mass is 392 g/mol. The summed E-state index contributed by atoms with van der Waals surface area (Å²) in [7, 11) is 0. The first-order valence-electron chi connectivity index (χ1n) is 9.59. The highest BCUT2D eigenvalue weighted by atomic mass is 16.3. The van der Waals surface area contributed by atoms with Crippen molar-refractivity contribution in [2.45, 2.75) is 0 Å². The maximum Gasteiger partial charge on any atom is 0.275 e. The topological polar surface area (TPSA) is 61.7 Å². The number of amides is 1. The van der Waals surface area contributed by atoms with Crippen LogP contribution in [-0.4, -0.2) is 16.7 Å². The zero-order valence-electron chi connectivity index (χ0n) is 16.2. The first-order chi connectivity index (χ1) is 14.7. The molecule has 146 valence electrons. The second-order valence-corrected chi connectivity index (χ2v) is 6.76. The molecule has 0 aliphatic rings. The second kappa shape index (κ2) is 8.88. The second-order valence-electron chi connectivity index (χ2n) is 6.76. The van der Waals surface area contributed by atoms with Crippen LogP contribution in [0.15, 0.2) is 108 Å². The number of nitrogens with one attached hydrogen (secondary N) is 1. The summed E-state index contributed by atoms with van der Waals surface area (Å²) in [6.45, 7) is 0. The van der Waals surface area contributed by atoms with Crippen LogP contribution in [0.25, 0.3) is 16.8 Å². The molecule has 2 N–H and O–H groups in total. The van der Waals surface area contributed by atoms with Crippen LogP contribution >= 0.6 is 0 Å². The molecule has 4 heteroatoms. The lowest BCUT2D eigenvalue weighted by atomic mass is 10.1. The minimum absolute atomic E-state index is 0.0810. The van der Waals surface area contributed by atoms with Crippen molar-refractivity contribution in [3.8, 4) is 5.75 Å². The number of benzene rings is 4. The SMILES string of the molecule is O=C(N/N=C(\C=C\c1ccccc1)c1ccccc1)c1cc2ccccc2cc1O. The van der Waals surface area contributed by atoms with Gasteiger partial charge >= 0.3 is 0 Å². The Hall–Kier alpha value is -4.18. The van der Waals surface area contributed by atoms with Crippen LogP contribution in [0.4, 0.5) is 0 Å². The fourth-order valence-electron chi connectivity index (χ4n) is 3.13. The van der Waals surface area contributed by atoms with Gasteiger partial charge in [0.05, 0.1) is 11.3 Å². The maximum atomic E-state index is 12.7. The number of rotatable bonds is 5. The zero-order valence-corrected chi connectivity index (χ0v) is 16.2. The molecular weight excluding hydrogens is 372 g/mol. The molecule has 0 unspecified atom stereocenters. The summed E-state index contributed by atoms with van der Waals surface area (Å²) < 4.78 is 0. The lowest BCUT2D eigenvalue weighted by Gasteiger charge is -2.07. The molecule has 0 radical (unpaired) electrons. The number of allylic oxidation sites excluding steroid dienone is 1. The molecule has 0 aliphatic heterocycles. The molecule has 4 aromatic carbocycles. The van der Waals surface area contributed by atoms with E-state index in [1.165, 1.54) is 0 Å². The van der Waals surface area contributed by atoms with E-state index in [2.05, 4.69) is 10.5 Å². The summed E-state index contributed by atoms with van der Waals surface area (Å²) in [5, 5.41) is 16.4. The van der Waals surface area contributed by atoms with Gasteiger partial charge in [-0.05, 0) is 34.5 Å². The Labute approximate surface area is 174 Å². The summed E-state index contributed by atoms with van der Waals surface area (Å²) in [6.07, 6.45) is 3.79. The summed E-state index contributed by atoms with van der Waals surface area (Å²) in [5.41, 5.74) is 5.26. The van der Waals surface area contributed by atoms with Crippen molar-refractivity contribution in [1.82, 2.24) is 5.43 Å². The van der Waals surface area contributed by atoms with E-state index < -0.39 is 5.91 Å². The van der Waals surface area contributed by atoms with Gasteiger partial charge in [0.2, 0.25) is 0 Å². The fraction of sp³-hybridized carbons (Fsp3) is 0. The molecule has 4 rings (SSSR count). The Kier molecular flexibility index (Phi) is 5.67. The van der Waals surface area contributed by atoms with E-state index >= 15 is 0 Å². The first-order valence-corrected chi connectivity index (χ1v) is 9.59. The van der Waals surface area contributed by atoms with Gasteiger partial charge in [0.25, 0.3) is 5.91 Å². The van der Waals surface area contributed by atoms with Crippen LogP contribution in [0, 0.1) is 0 Å². The van der Waals surface area contributed by atoms with Gasteiger partial charge in [-0.2, -0.15) is 5.10 Å². The molecule has 0 saturated heterocycles. The van der Waals surface area contributed by atoms with Gasteiger partial charge in [0.15, 0.2) is 0 Å². The Bertz CT molecular complexity index is 1230. The van der Waals surface area contributed by atoms with E-state index in [1.54, 1.807) is 12.1 Å². The molecule has 0 spiro atoms. The number of carbonyl (C=O) groups excluding carboxylic acids is 1. The smallest absolute Gasteiger partial charge is 0.275 e. The van der Waals surface area contributed by atoms with Gasteiger partial charge in [0.1, 0.15) is 5.75 Å². The molecule has 0 bridgehead atoms. The van der Waals surface area contributed by atoms with E-state index in [9.17, 15) is 9.90 Å². The minimum Gasteiger partial charge on any atom is -0.507 e. The average molecular weight is 392 g/mol. The van der Waals surface area contributed by atoms with Crippen molar-refractivity contribution in [2.75, 3.05) is 0 Å². The van der Waals surface area contributed by atoms with Gasteiger partial charge in [-0.25, -0.2) is 5.43 Å². The lowest BCUT2D eigenvalue weighted by Crippen LogP contribution is -2.19. The number of aromatic hydroxyl groups is 1. The molecule has 0 aromatic heterocycles. The van der Waals surface area contributed by atoms with Crippen molar-refractivity contribution in [2.24, 2.45) is 5.10 Å². The number of hydrogen-bond donors (Lipinski definition) is 2. The van der Waals surface area contributed by atoms with Crippen LogP contribution in [-0.2, 0) is 0 Å². The minimum atomic E-state index is -0.472. The van der Waals surface area contributed by atoms with Crippen LogP contribution in [0.1, 0.15) is 21.5 Å². The fourth-order valence-corrected chi connectivity index (χ4v) is 3.13. The molecule has 4 nitrogen and oxygen atoms in total. The number of nitrogens with zero attached hydrogens (tertiary/aromatic N) is 1. The quantitative estimate of drug-likeness (QED) is 0.353. The third-order valence-corrected chi connectivity index (χ3v) is 4.69. The van der Waals surface area contributed by atoms with Crippen molar-refractivity contribution in [1.29, 1.82) is 0 Å². The third-order valence-electron chi connectivity index (χ3n) is 4.69. The summed E-state index contributed by atoms with van der Waals surface area (Å²) in [6, 6.07) is 30.3. The van der Waals surface area contributed by atoms with Gasteiger partial charge in [-0.3, -0.25) is 4.79 Å². The highest BCUT2D eigenvalue weighted by Crippen LogP contribution is 2.24. The third kappa shape index (κ3) is 4.45. The molecular formula is C26H20N2O2. The number of phenols is 1. The number of hydrazone groups is 1. The lowest BCUT2D eigenvalue weighted by molar-refractivity contribution is 0.0952. The largest absolute Gasteiger partial charge is 0.507 e. The normalized spacial score (nSPS) is 11.7. The highest BCUT2D eigenvalue weighted by Gasteiger charge is 2.12. The van der Waals surface area contributed by atoms with E-state index in [1.807, 2.05) is 97.1 Å². The molecule has 0 saturated carbocycles. The van der Waals surface area contributed by atoms with Crippen molar-refractivity contribution in [3.63, 3.8) is 0 Å². The first kappa shape index (κ1) is 19.2. The van der Waals surface area contributed by atoms with Crippen molar-refractivity contribution >= 4 is 28.5 Å². The molecule has 1 amide bonds. The molecule has 0 aliphatic carbocycles. The Balaban J connectivity index is 1.63. The molecule has 4 aromatic rings. The molecule has 0 heterocycles. The van der Waals surface area contributed by atoms with Crippen LogP contribution < -0.4 is 5.43 Å². The van der Waals surface area contributed by atoms with Crippen molar-refractivity contribution < 1.29 is 9.90 Å². The van der Waals surface area contributed by atoms with Gasteiger partial charge in [-0.1, -0.05) is 91.0 Å². The predicted molar refractivity (Wildman–Crippen MR) is 122 cm³/mol. The van der Waals surface area contributed by atoms with E-state index in [0.29, 0.717) is 5.71 Å². The molecule has 0 atom stereocenters. The van der Waals surface area contributed by atoms with Crippen LogP contribution in [0.3, 0.4) is 0 Å². The predicted octanol–water partition coefficient (Wildman–Crippen LogP) is 5.39. The zero-order chi connectivity index (χ0) is 20.8. The van der Waals surface area contributed by atoms with Crippen LogP contribution in [0.5, 0.6) is 5.75 Å². The highest BCUT2D eigenvalue weighted by molar-refractivity contribution is 6.11. The summed E-state index contributed by atoms with van der Waals surface area (Å²) in [4.78, 5) is 12.7. The Morgan fingerprint density at radius 1 is 0.800 bits per heavy atom. The number of phenolic OH excluding ortho intramolecular Hbond substituents is 1. The Morgan fingerprint density at radius 3 is 2.10 bits per heavy atom. The average Bonchev–Trinajstić information content (AvgIpc) is 2.79.